The van der Waals surface area contributed by atoms with Crippen LogP contribution in [0.15, 0.2) is 30.3 Å². The van der Waals surface area contributed by atoms with Gasteiger partial charge in [0.05, 0.1) is 12.6 Å². The molecule has 0 fully saturated rings. The molecular weight excluding hydrogens is 460 g/mol. The molecule has 7 N–H and O–H groups in total. The van der Waals surface area contributed by atoms with E-state index in [1.54, 1.807) is 49.9 Å². The summed E-state index contributed by atoms with van der Waals surface area (Å²) in [6, 6.07) is 4.57. The van der Waals surface area contributed by atoms with Crippen LogP contribution in [0.1, 0.15) is 32.3 Å². The third-order valence-electron chi connectivity index (χ3n) is 5.48. The molecule has 1 aromatic rings. The summed E-state index contributed by atoms with van der Waals surface area (Å²) in [5.41, 5.74) is 6.70. The van der Waals surface area contributed by atoms with E-state index in [4.69, 9.17) is 5.73 Å². The van der Waals surface area contributed by atoms with E-state index in [2.05, 4.69) is 16.0 Å². The molecule has 0 aromatic heterocycles. The summed E-state index contributed by atoms with van der Waals surface area (Å²) in [7, 11) is 0. The first-order valence-electron chi connectivity index (χ1n) is 11.2. The number of nitrogens with one attached hydrogen (secondary N) is 3. The largest absolute Gasteiger partial charge is 0.480 e. The quantitative estimate of drug-likeness (QED) is 0.195. The van der Waals surface area contributed by atoms with Crippen molar-refractivity contribution >= 4 is 35.5 Å². The highest BCUT2D eigenvalue weighted by molar-refractivity contribution is 7.98. The van der Waals surface area contributed by atoms with Crippen molar-refractivity contribution in [1.82, 2.24) is 16.0 Å². The summed E-state index contributed by atoms with van der Waals surface area (Å²) in [6.45, 7) is 2.72. The monoisotopic (exact) mass is 496 g/mol. The molecule has 0 aliphatic carbocycles. The number of carbonyl (C=O) groups excluding carboxylic acids is 3. The molecule has 0 aliphatic rings. The zero-order valence-corrected chi connectivity index (χ0v) is 20.6. The number of nitrogens with two attached hydrogens (primary N) is 1. The molecule has 10 nitrogen and oxygen atoms in total. The molecule has 0 bridgehead atoms. The van der Waals surface area contributed by atoms with E-state index < -0.39 is 54.5 Å². The predicted molar refractivity (Wildman–Crippen MR) is 131 cm³/mol. The van der Waals surface area contributed by atoms with E-state index in [-0.39, 0.29) is 12.3 Å². The normalized spacial score (nSPS) is 15.3. The van der Waals surface area contributed by atoms with E-state index in [1.807, 2.05) is 12.3 Å². The predicted octanol–water partition coefficient (Wildman–Crippen LogP) is -0.113. The van der Waals surface area contributed by atoms with Gasteiger partial charge in [-0.05, 0) is 29.9 Å². The summed E-state index contributed by atoms with van der Waals surface area (Å²) in [5.74, 6) is -2.91. The molecule has 1 aromatic carbocycles. The van der Waals surface area contributed by atoms with Gasteiger partial charge in [-0.3, -0.25) is 14.4 Å². The molecule has 190 valence electrons. The van der Waals surface area contributed by atoms with Crippen LogP contribution in [0.25, 0.3) is 0 Å². The van der Waals surface area contributed by atoms with E-state index in [1.165, 1.54) is 0 Å². The zero-order chi connectivity index (χ0) is 25.7. The highest BCUT2D eigenvalue weighted by atomic mass is 32.2. The highest BCUT2D eigenvalue weighted by Gasteiger charge is 2.31. The Kier molecular flexibility index (Phi) is 13.2. The van der Waals surface area contributed by atoms with Crippen molar-refractivity contribution in [3.8, 4) is 0 Å². The number of carboxylic acids is 1. The molecule has 5 unspecified atom stereocenters. The second-order valence-electron chi connectivity index (χ2n) is 8.09. The van der Waals surface area contributed by atoms with Crippen molar-refractivity contribution in [2.45, 2.75) is 57.3 Å². The van der Waals surface area contributed by atoms with Gasteiger partial charge in [-0.2, -0.15) is 11.8 Å². The average Bonchev–Trinajstić information content (AvgIpc) is 2.83. The van der Waals surface area contributed by atoms with Gasteiger partial charge in [0.1, 0.15) is 18.1 Å². The van der Waals surface area contributed by atoms with E-state index in [0.29, 0.717) is 18.6 Å². The van der Waals surface area contributed by atoms with Crippen molar-refractivity contribution in [1.29, 1.82) is 0 Å². The topological polar surface area (TPSA) is 171 Å². The molecule has 34 heavy (non-hydrogen) atoms. The standard InChI is InChI=1S/C23H36N4O6S/c1-4-14(2)19(23(32)33)27-22(31)18(13-28)26-21(30)17(12-15-8-6-5-7-9-15)25-20(29)16(24)10-11-34-3/h5-9,14,16-19,28H,4,10-13,24H2,1-3H3,(H,25,29)(H,26,30)(H,27,31)(H,32,33). The molecule has 5 atom stereocenters. The first-order chi connectivity index (χ1) is 16.1. The minimum atomic E-state index is -1.39. The highest BCUT2D eigenvalue weighted by Crippen LogP contribution is 2.09. The first kappa shape index (κ1) is 29.4. The molecule has 0 spiro atoms. The molecule has 0 heterocycles. The maximum absolute atomic E-state index is 13.0. The first-order valence-corrected chi connectivity index (χ1v) is 12.6. The number of hydrogen-bond donors (Lipinski definition) is 6. The van der Waals surface area contributed by atoms with Crippen LogP contribution in [-0.2, 0) is 25.6 Å². The summed E-state index contributed by atoms with van der Waals surface area (Å²) in [5, 5.41) is 26.5. The third-order valence-corrected chi connectivity index (χ3v) is 6.12. The fraction of sp³-hybridized carbons (Fsp3) is 0.565. The van der Waals surface area contributed by atoms with Crippen LogP contribution in [0.5, 0.6) is 0 Å². The van der Waals surface area contributed by atoms with Gasteiger partial charge < -0.3 is 31.9 Å². The number of thioether (sulfide) groups is 1. The molecule has 1 rings (SSSR count). The number of carboxylic acid groups (broad SMARTS) is 1. The number of benzene rings is 1. The Balaban J connectivity index is 2.97. The smallest absolute Gasteiger partial charge is 0.326 e. The van der Waals surface area contributed by atoms with Gasteiger partial charge in [0.25, 0.3) is 0 Å². The summed E-state index contributed by atoms with van der Waals surface area (Å²) < 4.78 is 0. The van der Waals surface area contributed by atoms with Gasteiger partial charge in [-0.1, -0.05) is 50.6 Å². The Bertz CT molecular complexity index is 810. The summed E-state index contributed by atoms with van der Waals surface area (Å²) in [6.07, 6.45) is 2.97. The molecule has 0 radical (unpaired) electrons. The zero-order valence-electron chi connectivity index (χ0n) is 19.8. The van der Waals surface area contributed by atoms with Gasteiger partial charge in [-0.15, -0.1) is 0 Å². The van der Waals surface area contributed by atoms with Gasteiger partial charge in [-0.25, -0.2) is 4.79 Å². The fourth-order valence-electron chi connectivity index (χ4n) is 3.12. The lowest BCUT2D eigenvalue weighted by Gasteiger charge is -2.25. The Morgan fingerprint density at radius 3 is 2.12 bits per heavy atom. The van der Waals surface area contributed by atoms with Crippen molar-refractivity contribution in [3.05, 3.63) is 35.9 Å². The lowest BCUT2D eigenvalue weighted by Crippen LogP contribution is -2.59. The van der Waals surface area contributed by atoms with E-state index in [0.717, 1.165) is 5.56 Å². The van der Waals surface area contributed by atoms with E-state index in [9.17, 15) is 29.4 Å². The number of aliphatic hydroxyl groups excluding tert-OH is 1. The second kappa shape index (κ2) is 15.3. The fourth-order valence-corrected chi connectivity index (χ4v) is 3.61. The third kappa shape index (κ3) is 9.70. The molecule has 0 aliphatic heterocycles. The number of hydrogen-bond acceptors (Lipinski definition) is 7. The lowest BCUT2D eigenvalue weighted by molar-refractivity contribution is -0.144. The van der Waals surface area contributed by atoms with Crippen molar-refractivity contribution in [2.75, 3.05) is 18.6 Å². The van der Waals surface area contributed by atoms with Crippen LogP contribution in [-0.4, -0.2) is 76.7 Å². The molecule has 3 amide bonds. The van der Waals surface area contributed by atoms with Crippen LogP contribution in [0, 0.1) is 5.92 Å². The minimum absolute atomic E-state index is 0.137. The number of amides is 3. The maximum Gasteiger partial charge on any atom is 0.326 e. The number of carbonyl (C=O) groups is 4. The van der Waals surface area contributed by atoms with Crippen molar-refractivity contribution in [2.24, 2.45) is 11.7 Å². The van der Waals surface area contributed by atoms with Crippen molar-refractivity contribution in [3.63, 3.8) is 0 Å². The Hall–Kier alpha value is -2.63. The van der Waals surface area contributed by atoms with Gasteiger partial charge in [0.2, 0.25) is 17.7 Å². The molecule has 0 saturated heterocycles. The van der Waals surface area contributed by atoms with Gasteiger partial charge in [0.15, 0.2) is 0 Å². The Morgan fingerprint density at radius 2 is 1.59 bits per heavy atom. The molecule has 11 heteroatoms. The average molecular weight is 497 g/mol. The SMILES string of the molecule is CCC(C)C(NC(=O)C(CO)NC(=O)C(Cc1ccccc1)NC(=O)C(N)CCSC)C(=O)O. The second-order valence-corrected chi connectivity index (χ2v) is 9.08. The lowest BCUT2D eigenvalue weighted by atomic mass is 9.99. The van der Waals surface area contributed by atoms with Gasteiger partial charge >= 0.3 is 5.97 Å². The van der Waals surface area contributed by atoms with Crippen LogP contribution in [0.2, 0.25) is 0 Å². The summed E-state index contributed by atoms with van der Waals surface area (Å²) in [4.78, 5) is 49.7. The number of rotatable bonds is 15. The van der Waals surface area contributed by atoms with Crippen molar-refractivity contribution < 1.29 is 29.4 Å². The molecular formula is C23H36N4O6S. The van der Waals surface area contributed by atoms with Gasteiger partial charge in [0, 0.05) is 6.42 Å². The number of aliphatic hydroxyl groups is 1. The molecule has 0 saturated carbocycles. The number of aliphatic carboxylic acids is 1. The van der Waals surface area contributed by atoms with Crippen LogP contribution in [0.4, 0.5) is 0 Å². The van der Waals surface area contributed by atoms with Crippen LogP contribution in [0.3, 0.4) is 0 Å². The Morgan fingerprint density at radius 1 is 1.00 bits per heavy atom. The Labute approximate surface area is 204 Å². The van der Waals surface area contributed by atoms with Crippen LogP contribution >= 0.6 is 11.8 Å². The van der Waals surface area contributed by atoms with E-state index >= 15 is 0 Å². The van der Waals surface area contributed by atoms with Crippen LogP contribution < -0.4 is 21.7 Å². The minimum Gasteiger partial charge on any atom is -0.480 e. The summed E-state index contributed by atoms with van der Waals surface area (Å²) >= 11 is 1.55. The maximum atomic E-state index is 13.0.